The largest absolute Gasteiger partial charge is 0.327 e. The Bertz CT molecular complexity index is 148. The third-order valence-electron chi connectivity index (χ3n) is 3.41. The highest BCUT2D eigenvalue weighted by molar-refractivity contribution is 4.72. The first-order valence-electron chi connectivity index (χ1n) is 7.15. The van der Waals surface area contributed by atoms with E-state index in [9.17, 15) is 0 Å². The lowest BCUT2D eigenvalue weighted by molar-refractivity contribution is 0.186. The second kappa shape index (κ2) is 10.1. The molecule has 0 fully saturated rings. The highest BCUT2D eigenvalue weighted by Crippen LogP contribution is 2.08. The lowest BCUT2D eigenvalue weighted by Gasteiger charge is -2.30. The van der Waals surface area contributed by atoms with Gasteiger partial charge in [0.1, 0.15) is 0 Å². The maximum absolute atomic E-state index is 6.18. The van der Waals surface area contributed by atoms with Crippen molar-refractivity contribution in [3.8, 4) is 0 Å². The zero-order valence-electron chi connectivity index (χ0n) is 11.8. The molecule has 16 heavy (non-hydrogen) atoms. The van der Waals surface area contributed by atoms with Crippen LogP contribution in [0.25, 0.3) is 0 Å². The monoisotopic (exact) mass is 228 g/mol. The van der Waals surface area contributed by atoms with Crippen molar-refractivity contribution < 1.29 is 0 Å². The van der Waals surface area contributed by atoms with Gasteiger partial charge in [0.2, 0.25) is 0 Å². The van der Waals surface area contributed by atoms with Crippen molar-refractivity contribution in [2.24, 2.45) is 5.73 Å². The van der Waals surface area contributed by atoms with E-state index in [1.54, 1.807) is 0 Å². The Morgan fingerprint density at radius 2 is 1.69 bits per heavy atom. The molecule has 0 aliphatic rings. The van der Waals surface area contributed by atoms with Gasteiger partial charge in [0, 0.05) is 18.6 Å². The predicted octanol–water partition coefficient (Wildman–Crippen LogP) is 3.40. The summed E-state index contributed by atoms with van der Waals surface area (Å²) in [5.41, 5.74) is 6.18. The lowest BCUT2D eigenvalue weighted by Crippen LogP contribution is -2.42. The molecule has 0 aromatic carbocycles. The van der Waals surface area contributed by atoms with Crippen LogP contribution in [0.5, 0.6) is 0 Å². The van der Waals surface area contributed by atoms with Gasteiger partial charge >= 0.3 is 0 Å². The first kappa shape index (κ1) is 15.9. The number of hydrogen-bond donors (Lipinski definition) is 1. The average molecular weight is 228 g/mol. The van der Waals surface area contributed by atoms with Gasteiger partial charge in [-0.25, -0.2) is 0 Å². The van der Waals surface area contributed by atoms with Gasteiger partial charge in [-0.1, -0.05) is 40.0 Å². The van der Waals surface area contributed by atoms with Crippen LogP contribution in [0.2, 0.25) is 0 Å². The van der Waals surface area contributed by atoms with Gasteiger partial charge in [0.15, 0.2) is 0 Å². The summed E-state index contributed by atoms with van der Waals surface area (Å²) in [5.74, 6) is 0. The molecule has 0 bridgehead atoms. The third-order valence-corrected chi connectivity index (χ3v) is 3.41. The normalized spacial score (nSPS) is 15.4. The maximum atomic E-state index is 6.18. The van der Waals surface area contributed by atoms with Crippen LogP contribution in [0, 0.1) is 0 Å². The van der Waals surface area contributed by atoms with Crippen molar-refractivity contribution >= 4 is 0 Å². The van der Waals surface area contributed by atoms with Crippen LogP contribution in [-0.4, -0.2) is 30.1 Å². The molecule has 0 radical (unpaired) electrons. The molecule has 2 N–H and O–H groups in total. The Morgan fingerprint density at radius 1 is 1.06 bits per heavy atom. The Kier molecular flexibility index (Phi) is 10.0. The van der Waals surface area contributed by atoms with Gasteiger partial charge in [-0.3, -0.25) is 4.90 Å². The highest BCUT2D eigenvalue weighted by atomic mass is 15.2. The Morgan fingerprint density at radius 3 is 2.19 bits per heavy atom. The molecule has 0 aliphatic heterocycles. The summed E-state index contributed by atoms with van der Waals surface area (Å²) >= 11 is 0. The molecule has 0 aromatic rings. The molecule has 0 aromatic heterocycles. The Labute approximate surface area is 103 Å². The minimum Gasteiger partial charge on any atom is -0.327 e. The molecular weight excluding hydrogens is 196 g/mol. The van der Waals surface area contributed by atoms with Crippen LogP contribution in [0.3, 0.4) is 0 Å². The van der Waals surface area contributed by atoms with Crippen molar-refractivity contribution in [1.29, 1.82) is 0 Å². The summed E-state index contributed by atoms with van der Waals surface area (Å²) in [6, 6.07) is 1.05. The minimum atomic E-state index is 0.366. The maximum Gasteiger partial charge on any atom is 0.0167 e. The molecule has 0 aliphatic carbocycles. The number of nitrogens with two attached hydrogens (primary N) is 1. The fourth-order valence-electron chi connectivity index (χ4n) is 1.97. The standard InChI is InChI=1S/C14H32N2/c1-5-8-10-14(15)12-16(11-9-6-2)13(4)7-3/h13-14H,5-12,15H2,1-4H3. The number of hydrogen-bond acceptors (Lipinski definition) is 2. The number of nitrogens with zero attached hydrogens (tertiary/aromatic N) is 1. The predicted molar refractivity (Wildman–Crippen MR) is 73.7 cm³/mol. The minimum absolute atomic E-state index is 0.366. The molecular formula is C14H32N2. The summed E-state index contributed by atoms with van der Waals surface area (Å²) in [5, 5.41) is 0. The zero-order valence-corrected chi connectivity index (χ0v) is 11.8. The van der Waals surface area contributed by atoms with Crippen LogP contribution in [0.1, 0.15) is 66.2 Å². The van der Waals surface area contributed by atoms with E-state index in [1.165, 1.54) is 45.1 Å². The summed E-state index contributed by atoms with van der Waals surface area (Å²) in [4.78, 5) is 2.57. The van der Waals surface area contributed by atoms with Gasteiger partial charge in [-0.15, -0.1) is 0 Å². The van der Waals surface area contributed by atoms with Gasteiger partial charge < -0.3 is 5.73 Å². The van der Waals surface area contributed by atoms with E-state index in [2.05, 4.69) is 32.6 Å². The molecule has 0 amide bonds. The SMILES string of the molecule is CCCCC(N)CN(CCCC)C(C)CC. The highest BCUT2D eigenvalue weighted by Gasteiger charge is 2.14. The van der Waals surface area contributed by atoms with Gasteiger partial charge in [-0.05, 0) is 32.7 Å². The molecule has 2 unspecified atom stereocenters. The molecule has 98 valence electrons. The van der Waals surface area contributed by atoms with E-state index in [0.29, 0.717) is 12.1 Å². The van der Waals surface area contributed by atoms with Crippen LogP contribution in [-0.2, 0) is 0 Å². The lowest BCUT2D eigenvalue weighted by atomic mass is 10.1. The van der Waals surface area contributed by atoms with E-state index >= 15 is 0 Å². The van der Waals surface area contributed by atoms with Crippen molar-refractivity contribution in [2.75, 3.05) is 13.1 Å². The first-order chi connectivity index (χ1) is 7.65. The van der Waals surface area contributed by atoms with E-state index in [1.807, 2.05) is 0 Å². The second-order valence-electron chi connectivity index (χ2n) is 5.01. The molecule has 2 atom stereocenters. The topological polar surface area (TPSA) is 29.3 Å². The molecule has 2 heteroatoms. The summed E-state index contributed by atoms with van der Waals surface area (Å²) in [6.07, 6.45) is 7.50. The second-order valence-corrected chi connectivity index (χ2v) is 5.01. The van der Waals surface area contributed by atoms with E-state index in [4.69, 9.17) is 5.73 Å². The number of unbranched alkanes of at least 4 members (excludes halogenated alkanes) is 2. The average Bonchev–Trinajstić information content (AvgIpc) is 2.30. The Hall–Kier alpha value is -0.0800. The molecule has 0 spiro atoms. The summed E-state index contributed by atoms with van der Waals surface area (Å²) < 4.78 is 0. The van der Waals surface area contributed by atoms with Crippen molar-refractivity contribution in [3.05, 3.63) is 0 Å². The van der Waals surface area contributed by atoms with E-state index in [-0.39, 0.29) is 0 Å². The van der Waals surface area contributed by atoms with Crippen LogP contribution < -0.4 is 5.73 Å². The smallest absolute Gasteiger partial charge is 0.0167 e. The molecule has 0 heterocycles. The van der Waals surface area contributed by atoms with E-state index in [0.717, 1.165) is 6.54 Å². The summed E-state index contributed by atoms with van der Waals surface area (Å²) in [6.45, 7) is 11.4. The van der Waals surface area contributed by atoms with Crippen molar-refractivity contribution in [2.45, 2.75) is 78.3 Å². The quantitative estimate of drug-likeness (QED) is 0.621. The molecule has 0 saturated carbocycles. The van der Waals surface area contributed by atoms with Crippen LogP contribution in [0.4, 0.5) is 0 Å². The van der Waals surface area contributed by atoms with E-state index < -0.39 is 0 Å². The zero-order chi connectivity index (χ0) is 12.4. The van der Waals surface area contributed by atoms with Crippen LogP contribution >= 0.6 is 0 Å². The number of rotatable bonds is 10. The first-order valence-corrected chi connectivity index (χ1v) is 7.15. The van der Waals surface area contributed by atoms with Gasteiger partial charge in [0.25, 0.3) is 0 Å². The Balaban J connectivity index is 3.97. The molecule has 0 rings (SSSR count). The van der Waals surface area contributed by atoms with Crippen molar-refractivity contribution in [1.82, 2.24) is 4.90 Å². The fraction of sp³-hybridized carbons (Fsp3) is 1.00. The molecule has 0 saturated heterocycles. The van der Waals surface area contributed by atoms with Crippen molar-refractivity contribution in [3.63, 3.8) is 0 Å². The third kappa shape index (κ3) is 7.24. The fourth-order valence-corrected chi connectivity index (χ4v) is 1.97. The van der Waals surface area contributed by atoms with Gasteiger partial charge in [-0.2, -0.15) is 0 Å². The van der Waals surface area contributed by atoms with Gasteiger partial charge in [0.05, 0.1) is 0 Å². The summed E-state index contributed by atoms with van der Waals surface area (Å²) in [7, 11) is 0. The molecule has 2 nitrogen and oxygen atoms in total. The van der Waals surface area contributed by atoms with Crippen LogP contribution in [0.15, 0.2) is 0 Å².